The molecule has 7 heteroatoms. The number of carbonyl (C=O) groups excluding carboxylic acids is 1. The molecule has 0 unspecified atom stereocenters. The Morgan fingerprint density at radius 2 is 2.04 bits per heavy atom. The van der Waals surface area contributed by atoms with Crippen LogP contribution in [0.4, 0.5) is 8.78 Å². The summed E-state index contributed by atoms with van der Waals surface area (Å²) >= 11 is 0. The van der Waals surface area contributed by atoms with Crippen LogP contribution < -0.4 is 0 Å². The number of carbonyl (C=O) groups is 2. The summed E-state index contributed by atoms with van der Waals surface area (Å²) in [6.07, 6.45) is 3.26. The van der Waals surface area contributed by atoms with E-state index in [-0.39, 0.29) is 43.8 Å². The van der Waals surface area contributed by atoms with E-state index >= 15 is 0 Å². The average molecular weight is 390 g/mol. The molecule has 1 fully saturated rings. The van der Waals surface area contributed by atoms with Crippen molar-refractivity contribution < 1.29 is 33.7 Å². The normalized spacial score (nSPS) is 24.6. The van der Waals surface area contributed by atoms with Gasteiger partial charge in [-0.3, -0.25) is 9.59 Å². The fourth-order valence-electron chi connectivity index (χ4n) is 3.58. The Balaban J connectivity index is 2.52. The van der Waals surface area contributed by atoms with Crippen molar-refractivity contribution in [3.63, 3.8) is 0 Å². The third-order valence-corrected chi connectivity index (χ3v) is 5.27. The lowest BCUT2D eigenvalue weighted by atomic mass is 9.85. The molecule has 3 N–H and O–H groups in total. The van der Waals surface area contributed by atoms with Gasteiger partial charge < -0.3 is 15.3 Å². The third-order valence-electron chi connectivity index (χ3n) is 5.27. The van der Waals surface area contributed by atoms with E-state index in [1.165, 1.54) is 0 Å². The van der Waals surface area contributed by atoms with Crippen LogP contribution in [-0.4, -0.2) is 45.2 Å². The van der Waals surface area contributed by atoms with Gasteiger partial charge in [0.15, 0.2) is 0 Å². The van der Waals surface area contributed by atoms with Crippen LogP contribution in [-0.2, 0) is 9.59 Å². The predicted octanol–water partition coefficient (Wildman–Crippen LogP) is 3.72. The van der Waals surface area contributed by atoms with Crippen LogP contribution in [0, 0.1) is 11.8 Å². The molecule has 1 saturated carbocycles. The van der Waals surface area contributed by atoms with Crippen molar-refractivity contribution >= 4 is 11.8 Å². The summed E-state index contributed by atoms with van der Waals surface area (Å²) in [4.78, 5) is 22.6. The number of aliphatic hydroxyl groups is 2. The van der Waals surface area contributed by atoms with Gasteiger partial charge in [-0.05, 0) is 44.4 Å². The monoisotopic (exact) mass is 390 g/mol. The van der Waals surface area contributed by atoms with Crippen LogP contribution in [0.2, 0.25) is 0 Å². The summed E-state index contributed by atoms with van der Waals surface area (Å²) in [5.41, 5.74) is 0. The summed E-state index contributed by atoms with van der Waals surface area (Å²) in [5, 5.41) is 28.5. The second-order valence-corrected chi connectivity index (χ2v) is 7.46. The highest BCUT2D eigenvalue weighted by molar-refractivity contribution is 5.84. The summed E-state index contributed by atoms with van der Waals surface area (Å²) in [5.74, 6) is -5.02. The first-order valence-corrected chi connectivity index (χ1v) is 9.82. The molecule has 27 heavy (non-hydrogen) atoms. The number of carboxylic acid groups (broad SMARTS) is 1. The lowest BCUT2D eigenvalue weighted by Gasteiger charge is -2.25. The number of unbranched alkanes of at least 4 members (excludes halogenated alkanes) is 2. The van der Waals surface area contributed by atoms with E-state index in [2.05, 4.69) is 0 Å². The number of aliphatic hydroxyl groups excluding tert-OH is 2. The summed E-state index contributed by atoms with van der Waals surface area (Å²) < 4.78 is 27.8. The Labute approximate surface area is 159 Å². The first-order valence-electron chi connectivity index (χ1n) is 9.82. The van der Waals surface area contributed by atoms with Crippen molar-refractivity contribution in [1.29, 1.82) is 0 Å². The maximum Gasteiger partial charge on any atom is 0.303 e. The summed E-state index contributed by atoms with van der Waals surface area (Å²) in [7, 11) is 0. The first kappa shape index (κ1) is 23.7. The second kappa shape index (κ2) is 11.5. The lowest BCUT2D eigenvalue weighted by molar-refractivity contribution is -0.137. The summed E-state index contributed by atoms with van der Waals surface area (Å²) in [6, 6.07) is 0. The number of carboxylic acids is 1. The number of Topliss-reactive ketones (excluding diaryl/α,β-unsaturated/α-hetero) is 1. The molecule has 1 rings (SSSR count). The number of hydrogen-bond acceptors (Lipinski definition) is 4. The van der Waals surface area contributed by atoms with Crippen LogP contribution in [0.15, 0.2) is 12.2 Å². The van der Waals surface area contributed by atoms with Crippen molar-refractivity contribution in [3.05, 3.63) is 12.2 Å². The molecule has 0 saturated heterocycles. The van der Waals surface area contributed by atoms with Gasteiger partial charge in [-0.1, -0.05) is 25.5 Å². The van der Waals surface area contributed by atoms with Crippen LogP contribution in [0.3, 0.4) is 0 Å². The molecule has 4 atom stereocenters. The number of hydrogen-bond donors (Lipinski definition) is 3. The molecule has 0 bridgehead atoms. The van der Waals surface area contributed by atoms with Gasteiger partial charge in [0.05, 0.1) is 6.10 Å². The lowest BCUT2D eigenvalue weighted by Crippen LogP contribution is -2.34. The van der Waals surface area contributed by atoms with Crippen LogP contribution in [0.1, 0.15) is 71.1 Å². The summed E-state index contributed by atoms with van der Waals surface area (Å²) in [6.45, 7) is 1.81. The number of allylic oxidation sites excluding steroid dienone is 2. The minimum absolute atomic E-state index is 0.0184. The molecule has 156 valence electrons. The number of ketones is 1. The number of rotatable bonds is 13. The van der Waals surface area contributed by atoms with Crippen LogP contribution in [0.5, 0.6) is 0 Å². The fourth-order valence-corrected chi connectivity index (χ4v) is 3.58. The molecule has 0 heterocycles. The standard InChI is InChI=1S/C20H32F2O5/c1-2-3-12-20(21,22)18(25)11-10-15-14(16(23)13-17(15)24)8-6-4-5-7-9-19(26)27/h4,6,14-16,18,23,25H,2-3,5,7-13H2,1H3,(H,26,27)/b6-4-/t14-,15-,16+,18-/m1/s1. The maximum atomic E-state index is 13.9. The average Bonchev–Trinajstić information content (AvgIpc) is 2.86. The molecule has 1 aliphatic carbocycles. The number of aliphatic carboxylic acids is 1. The SMILES string of the molecule is CCCCC(F)(F)[C@H](O)CC[C@H]1C(=O)C[C@H](O)[C@@H]1C/C=C\CCCC(=O)O. The quantitative estimate of drug-likeness (QED) is 0.329. The number of halogens is 2. The van der Waals surface area contributed by atoms with Crippen LogP contribution >= 0.6 is 0 Å². The minimum Gasteiger partial charge on any atom is -0.481 e. The molecule has 0 spiro atoms. The molecule has 1 aliphatic rings. The Morgan fingerprint density at radius 3 is 2.67 bits per heavy atom. The van der Waals surface area contributed by atoms with E-state index in [0.717, 1.165) is 0 Å². The molecule has 0 aromatic rings. The van der Waals surface area contributed by atoms with Crippen LogP contribution in [0.25, 0.3) is 0 Å². The first-order chi connectivity index (χ1) is 12.7. The van der Waals surface area contributed by atoms with Gasteiger partial charge in [0.1, 0.15) is 11.9 Å². The van der Waals surface area contributed by atoms with Crippen molar-refractivity contribution in [3.8, 4) is 0 Å². The Hall–Kier alpha value is -1.34. The highest BCUT2D eigenvalue weighted by Crippen LogP contribution is 2.37. The smallest absolute Gasteiger partial charge is 0.303 e. The molecule has 0 aromatic carbocycles. The van der Waals surface area contributed by atoms with Crippen molar-refractivity contribution in [2.75, 3.05) is 0 Å². The Morgan fingerprint density at radius 1 is 1.33 bits per heavy atom. The molecular formula is C20H32F2O5. The van der Waals surface area contributed by atoms with E-state index < -0.39 is 30.0 Å². The fraction of sp³-hybridized carbons (Fsp3) is 0.800. The van der Waals surface area contributed by atoms with Gasteiger partial charge in [0.25, 0.3) is 5.92 Å². The zero-order valence-electron chi connectivity index (χ0n) is 15.9. The predicted molar refractivity (Wildman–Crippen MR) is 97.6 cm³/mol. The molecule has 0 aliphatic heterocycles. The zero-order valence-corrected chi connectivity index (χ0v) is 15.9. The van der Waals surface area contributed by atoms with E-state index in [9.17, 15) is 28.6 Å². The molecule has 0 aromatic heterocycles. The van der Waals surface area contributed by atoms with E-state index in [4.69, 9.17) is 5.11 Å². The third kappa shape index (κ3) is 8.05. The van der Waals surface area contributed by atoms with Gasteiger partial charge in [0, 0.05) is 25.2 Å². The largest absolute Gasteiger partial charge is 0.481 e. The van der Waals surface area contributed by atoms with Gasteiger partial charge in [-0.15, -0.1) is 0 Å². The van der Waals surface area contributed by atoms with Gasteiger partial charge in [-0.25, -0.2) is 8.78 Å². The topological polar surface area (TPSA) is 94.8 Å². The zero-order chi connectivity index (χ0) is 20.4. The molecule has 5 nitrogen and oxygen atoms in total. The molecule has 0 amide bonds. The minimum atomic E-state index is -3.16. The Bertz CT molecular complexity index is 507. The maximum absolute atomic E-state index is 13.9. The van der Waals surface area contributed by atoms with Crippen molar-refractivity contribution in [2.45, 2.75) is 89.3 Å². The van der Waals surface area contributed by atoms with E-state index in [1.807, 2.05) is 12.2 Å². The second-order valence-electron chi connectivity index (χ2n) is 7.46. The van der Waals surface area contributed by atoms with Gasteiger partial charge >= 0.3 is 5.97 Å². The molecule has 0 radical (unpaired) electrons. The highest BCUT2D eigenvalue weighted by Gasteiger charge is 2.43. The van der Waals surface area contributed by atoms with E-state index in [1.54, 1.807) is 6.92 Å². The van der Waals surface area contributed by atoms with Crippen molar-refractivity contribution in [1.82, 2.24) is 0 Å². The number of alkyl halides is 2. The highest BCUT2D eigenvalue weighted by atomic mass is 19.3. The Kier molecular flexibility index (Phi) is 10.1. The molecular weight excluding hydrogens is 358 g/mol. The van der Waals surface area contributed by atoms with Gasteiger partial charge in [-0.2, -0.15) is 0 Å². The van der Waals surface area contributed by atoms with Gasteiger partial charge in [0.2, 0.25) is 0 Å². The van der Waals surface area contributed by atoms with Crippen molar-refractivity contribution in [2.24, 2.45) is 11.8 Å². The van der Waals surface area contributed by atoms with E-state index in [0.29, 0.717) is 32.1 Å².